The normalized spacial score (nSPS) is 12.7. The summed E-state index contributed by atoms with van der Waals surface area (Å²) in [6.07, 6.45) is 2.71. The number of nitrogens with one attached hydrogen (secondary N) is 3. The van der Waals surface area contributed by atoms with Crippen LogP contribution < -0.4 is 10.9 Å². The Balaban J connectivity index is 2.13. The van der Waals surface area contributed by atoms with Crippen LogP contribution in [0.4, 0.5) is 0 Å². The highest BCUT2D eigenvalue weighted by Crippen LogP contribution is 2.19. The van der Waals surface area contributed by atoms with Crippen molar-refractivity contribution in [3.8, 4) is 0 Å². The summed E-state index contributed by atoms with van der Waals surface area (Å²) in [6, 6.07) is 7.91. The summed E-state index contributed by atoms with van der Waals surface area (Å²) < 4.78 is 0. The van der Waals surface area contributed by atoms with Gasteiger partial charge in [0.2, 0.25) is 0 Å². The number of benzene rings is 1. The van der Waals surface area contributed by atoms with Gasteiger partial charge in [-0.25, -0.2) is 0 Å². The number of carboxylic acids is 1. The van der Waals surface area contributed by atoms with Crippen LogP contribution in [0.25, 0.3) is 10.9 Å². The second kappa shape index (κ2) is 6.36. The molecule has 0 bridgehead atoms. The van der Waals surface area contributed by atoms with Gasteiger partial charge in [0.05, 0.1) is 6.42 Å². The first kappa shape index (κ1) is 13.6. The molecule has 19 heavy (non-hydrogen) atoms. The first-order valence-corrected chi connectivity index (χ1v) is 6.46. The number of H-pyrrole nitrogens is 1. The van der Waals surface area contributed by atoms with Gasteiger partial charge in [0, 0.05) is 29.7 Å². The van der Waals surface area contributed by atoms with E-state index < -0.39 is 5.97 Å². The van der Waals surface area contributed by atoms with E-state index in [4.69, 9.17) is 5.11 Å². The van der Waals surface area contributed by atoms with Crippen molar-refractivity contribution in [2.45, 2.75) is 25.8 Å². The largest absolute Gasteiger partial charge is 0.481 e. The second-order valence-corrected chi connectivity index (χ2v) is 4.53. The number of carboxylic acid groups (broad SMARTS) is 1. The van der Waals surface area contributed by atoms with Crippen LogP contribution in [0.1, 0.15) is 18.9 Å². The van der Waals surface area contributed by atoms with E-state index in [1.165, 1.54) is 0 Å². The predicted molar refractivity (Wildman–Crippen MR) is 74.9 cm³/mol. The first-order chi connectivity index (χ1) is 9.20. The number of aromatic nitrogens is 1. The number of hydrogen-bond donors (Lipinski definition) is 4. The minimum atomic E-state index is -0.796. The van der Waals surface area contributed by atoms with Crippen LogP contribution in [0.15, 0.2) is 30.5 Å². The predicted octanol–water partition coefficient (Wildman–Crippen LogP) is 1.67. The maximum absolute atomic E-state index is 10.9. The Morgan fingerprint density at radius 3 is 2.95 bits per heavy atom. The molecular formula is C14H19N3O2. The van der Waals surface area contributed by atoms with Gasteiger partial charge in [0.15, 0.2) is 0 Å². The summed E-state index contributed by atoms with van der Waals surface area (Å²) in [6.45, 7) is 2.72. The van der Waals surface area contributed by atoms with E-state index in [2.05, 4.69) is 15.8 Å². The SMILES string of the molecule is CCNN[C@@H](CC(=O)O)Cc1c[nH]c2ccccc12. The van der Waals surface area contributed by atoms with Crippen molar-refractivity contribution in [3.63, 3.8) is 0 Å². The summed E-state index contributed by atoms with van der Waals surface area (Å²) in [4.78, 5) is 14.1. The molecule has 5 nitrogen and oxygen atoms in total. The smallest absolute Gasteiger partial charge is 0.304 e. The third-order valence-electron chi connectivity index (χ3n) is 3.05. The fraction of sp³-hybridized carbons (Fsp3) is 0.357. The molecule has 5 heteroatoms. The molecular weight excluding hydrogens is 242 g/mol. The zero-order valence-electron chi connectivity index (χ0n) is 10.9. The highest BCUT2D eigenvalue weighted by atomic mass is 16.4. The topological polar surface area (TPSA) is 77.2 Å². The summed E-state index contributed by atoms with van der Waals surface area (Å²) in [7, 11) is 0. The Bertz CT molecular complexity index is 550. The molecule has 0 aliphatic rings. The summed E-state index contributed by atoms with van der Waals surface area (Å²) in [5.41, 5.74) is 8.26. The van der Waals surface area contributed by atoms with Gasteiger partial charge in [0.1, 0.15) is 0 Å². The van der Waals surface area contributed by atoms with Gasteiger partial charge in [-0.3, -0.25) is 15.6 Å². The average molecular weight is 261 g/mol. The molecule has 2 aromatic rings. The summed E-state index contributed by atoms with van der Waals surface area (Å²) in [5, 5.41) is 10.1. The van der Waals surface area contributed by atoms with Gasteiger partial charge in [-0.1, -0.05) is 25.1 Å². The van der Waals surface area contributed by atoms with Gasteiger partial charge in [0.25, 0.3) is 0 Å². The lowest BCUT2D eigenvalue weighted by Crippen LogP contribution is -2.43. The highest BCUT2D eigenvalue weighted by Gasteiger charge is 2.15. The molecule has 0 fully saturated rings. The summed E-state index contributed by atoms with van der Waals surface area (Å²) in [5.74, 6) is -0.796. The van der Waals surface area contributed by atoms with Crippen molar-refractivity contribution in [2.75, 3.05) is 6.54 Å². The lowest BCUT2D eigenvalue weighted by Gasteiger charge is -2.16. The zero-order chi connectivity index (χ0) is 13.7. The van der Waals surface area contributed by atoms with Gasteiger partial charge in [-0.05, 0) is 18.1 Å². The number of hydrogen-bond acceptors (Lipinski definition) is 3. The molecule has 0 saturated heterocycles. The molecule has 1 aromatic heterocycles. The number of para-hydroxylation sites is 1. The molecule has 0 saturated carbocycles. The van der Waals surface area contributed by atoms with Crippen LogP contribution in [0.2, 0.25) is 0 Å². The Morgan fingerprint density at radius 2 is 2.21 bits per heavy atom. The Kier molecular flexibility index (Phi) is 4.54. The van der Waals surface area contributed by atoms with E-state index in [0.717, 1.165) is 23.0 Å². The third-order valence-corrected chi connectivity index (χ3v) is 3.05. The van der Waals surface area contributed by atoms with E-state index in [-0.39, 0.29) is 12.5 Å². The monoisotopic (exact) mass is 261 g/mol. The minimum absolute atomic E-state index is 0.0898. The molecule has 4 N–H and O–H groups in total. The molecule has 0 aliphatic heterocycles. The van der Waals surface area contributed by atoms with Crippen molar-refractivity contribution in [3.05, 3.63) is 36.0 Å². The lowest BCUT2D eigenvalue weighted by atomic mass is 10.0. The van der Waals surface area contributed by atoms with Crippen LogP contribution in [-0.4, -0.2) is 28.6 Å². The average Bonchev–Trinajstić information content (AvgIpc) is 2.79. The van der Waals surface area contributed by atoms with Crippen LogP contribution in [0.5, 0.6) is 0 Å². The van der Waals surface area contributed by atoms with E-state index in [1.807, 2.05) is 37.4 Å². The molecule has 0 radical (unpaired) electrons. The fourth-order valence-corrected chi connectivity index (χ4v) is 2.20. The van der Waals surface area contributed by atoms with Crippen LogP contribution >= 0.6 is 0 Å². The van der Waals surface area contributed by atoms with E-state index in [0.29, 0.717) is 6.42 Å². The Labute approximate surface area is 112 Å². The molecule has 102 valence electrons. The van der Waals surface area contributed by atoms with E-state index in [1.54, 1.807) is 0 Å². The number of carbonyl (C=O) groups is 1. The number of hydrazine groups is 1. The second-order valence-electron chi connectivity index (χ2n) is 4.53. The molecule has 1 heterocycles. The first-order valence-electron chi connectivity index (χ1n) is 6.46. The lowest BCUT2D eigenvalue weighted by molar-refractivity contribution is -0.137. The molecule has 0 spiro atoms. The number of rotatable bonds is 7. The zero-order valence-corrected chi connectivity index (χ0v) is 10.9. The van der Waals surface area contributed by atoms with Gasteiger partial charge < -0.3 is 10.1 Å². The Morgan fingerprint density at radius 1 is 1.42 bits per heavy atom. The summed E-state index contributed by atoms with van der Waals surface area (Å²) >= 11 is 0. The van der Waals surface area contributed by atoms with Crippen molar-refractivity contribution in [1.82, 2.24) is 15.8 Å². The number of aliphatic carboxylic acids is 1. The van der Waals surface area contributed by atoms with E-state index >= 15 is 0 Å². The minimum Gasteiger partial charge on any atom is -0.481 e. The third kappa shape index (κ3) is 3.56. The molecule has 1 aromatic carbocycles. The molecule has 2 rings (SSSR count). The van der Waals surface area contributed by atoms with Crippen molar-refractivity contribution < 1.29 is 9.90 Å². The fourth-order valence-electron chi connectivity index (χ4n) is 2.20. The van der Waals surface area contributed by atoms with Crippen LogP contribution in [-0.2, 0) is 11.2 Å². The number of fused-ring (bicyclic) bond motifs is 1. The van der Waals surface area contributed by atoms with E-state index in [9.17, 15) is 4.79 Å². The van der Waals surface area contributed by atoms with Crippen molar-refractivity contribution in [2.24, 2.45) is 0 Å². The molecule has 0 aliphatic carbocycles. The van der Waals surface area contributed by atoms with Crippen molar-refractivity contribution >= 4 is 16.9 Å². The maximum atomic E-state index is 10.9. The maximum Gasteiger partial charge on any atom is 0.304 e. The number of aromatic amines is 1. The standard InChI is InChI=1S/C14H19N3O2/c1-2-16-17-11(8-14(18)19)7-10-9-15-13-6-4-3-5-12(10)13/h3-6,9,11,15-17H,2,7-8H2,1H3,(H,18,19)/t11-/m1/s1. The van der Waals surface area contributed by atoms with Gasteiger partial charge in [-0.2, -0.15) is 0 Å². The quantitative estimate of drug-likeness (QED) is 0.572. The molecule has 1 atom stereocenters. The van der Waals surface area contributed by atoms with Crippen molar-refractivity contribution in [1.29, 1.82) is 0 Å². The highest BCUT2D eigenvalue weighted by molar-refractivity contribution is 5.83. The van der Waals surface area contributed by atoms with Crippen LogP contribution in [0.3, 0.4) is 0 Å². The van der Waals surface area contributed by atoms with Gasteiger partial charge in [-0.15, -0.1) is 0 Å². The molecule has 0 amide bonds. The molecule has 0 unspecified atom stereocenters. The van der Waals surface area contributed by atoms with Crippen LogP contribution in [0, 0.1) is 0 Å². The Hall–Kier alpha value is -1.85. The van der Waals surface area contributed by atoms with Gasteiger partial charge >= 0.3 is 5.97 Å².